The first-order valence-electron chi connectivity index (χ1n) is 7.95. The summed E-state index contributed by atoms with van der Waals surface area (Å²) in [7, 11) is 0. The Balaban J connectivity index is 1.64. The summed E-state index contributed by atoms with van der Waals surface area (Å²) in [6, 6.07) is 2.16. The van der Waals surface area contributed by atoms with Gasteiger partial charge in [0.25, 0.3) is 0 Å². The van der Waals surface area contributed by atoms with Crippen molar-refractivity contribution in [3.05, 3.63) is 58.0 Å². The molecule has 3 aromatic heterocycles. The van der Waals surface area contributed by atoms with Gasteiger partial charge in [0.15, 0.2) is 0 Å². The lowest BCUT2D eigenvalue weighted by Crippen LogP contribution is -2.35. The summed E-state index contributed by atoms with van der Waals surface area (Å²) in [6.07, 6.45) is 6.34. The molecule has 0 aromatic carbocycles. The van der Waals surface area contributed by atoms with Crippen LogP contribution in [0.4, 0.5) is 0 Å². The van der Waals surface area contributed by atoms with E-state index in [0.717, 1.165) is 30.8 Å². The van der Waals surface area contributed by atoms with Crippen LogP contribution >= 0.6 is 11.3 Å². The first-order valence-corrected chi connectivity index (χ1v) is 8.83. The van der Waals surface area contributed by atoms with Gasteiger partial charge < -0.3 is 9.40 Å². The SMILES string of the molecule is CC(C)c1csc(CN2CCc3[nH]cnc3[C@@H]2c2ccoc2)n1. The molecule has 0 aliphatic carbocycles. The van der Waals surface area contributed by atoms with Gasteiger partial charge in [-0.3, -0.25) is 4.90 Å². The van der Waals surface area contributed by atoms with Gasteiger partial charge in [0.05, 0.1) is 42.8 Å². The fourth-order valence-electron chi connectivity index (χ4n) is 3.13. The van der Waals surface area contributed by atoms with Crippen molar-refractivity contribution in [3.63, 3.8) is 0 Å². The van der Waals surface area contributed by atoms with E-state index in [0.29, 0.717) is 5.92 Å². The molecule has 0 spiro atoms. The van der Waals surface area contributed by atoms with E-state index >= 15 is 0 Å². The summed E-state index contributed by atoms with van der Waals surface area (Å²) >= 11 is 1.75. The molecule has 3 aromatic rings. The summed E-state index contributed by atoms with van der Waals surface area (Å²) in [6.45, 7) is 6.20. The molecule has 0 amide bonds. The van der Waals surface area contributed by atoms with E-state index in [1.54, 1.807) is 23.9 Å². The average Bonchev–Trinajstić information content (AvgIpc) is 3.28. The fourth-order valence-corrected chi connectivity index (χ4v) is 4.11. The van der Waals surface area contributed by atoms with E-state index in [9.17, 15) is 0 Å². The van der Waals surface area contributed by atoms with Gasteiger partial charge in [0, 0.05) is 29.6 Å². The molecule has 6 heteroatoms. The Morgan fingerprint density at radius 3 is 3.13 bits per heavy atom. The van der Waals surface area contributed by atoms with Crippen molar-refractivity contribution in [1.29, 1.82) is 0 Å². The van der Waals surface area contributed by atoms with Crippen molar-refractivity contribution in [2.45, 2.75) is 38.8 Å². The highest BCUT2D eigenvalue weighted by atomic mass is 32.1. The van der Waals surface area contributed by atoms with Gasteiger partial charge in [-0.2, -0.15) is 0 Å². The van der Waals surface area contributed by atoms with Crippen molar-refractivity contribution in [3.8, 4) is 0 Å². The molecular formula is C17H20N4OS. The van der Waals surface area contributed by atoms with E-state index in [-0.39, 0.29) is 6.04 Å². The average molecular weight is 328 g/mol. The molecule has 0 saturated carbocycles. The third kappa shape index (κ3) is 2.72. The maximum Gasteiger partial charge on any atom is 0.107 e. The summed E-state index contributed by atoms with van der Waals surface area (Å²) in [5.41, 5.74) is 4.67. The summed E-state index contributed by atoms with van der Waals surface area (Å²) in [4.78, 5) is 15.1. The third-order valence-electron chi connectivity index (χ3n) is 4.38. The molecule has 4 heterocycles. The number of hydrogen-bond donors (Lipinski definition) is 1. The molecule has 1 atom stereocenters. The van der Waals surface area contributed by atoms with Gasteiger partial charge >= 0.3 is 0 Å². The van der Waals surface area contributed by atoms with E-state index < -0.39 is 0 Å². The number of aromatic nitrogens is 3. The number of aromatic amines is 1. The van der Waals surface area contributed by atoms with Gasteiger partial charge in [-0.05, 0) is 12.0 Å². The zero-order valence-corrected chi connectivity index (χ0v) is 14.1. The van der Waals surface area contributed by atoms with Crippen molar-refractivity contribution in [2.75, 3.05) is 6.54 Å². The Labute approximate surface area is 139 Å². The summed E-state index contributed by atoms with van der Waals surface area (Å²) in [5, 5.41) is 3.35. The van der Waals surface area contributed by atoms with Crippen LogP contribution in [0.1, 0.15) is 53.5 Å². The summed E-state index contributed by atoms with van der Waals surface area (Å²) < 4.78 is 5.32. The maximum atomic E-state index is 5.32. The molecule has 1 aliphatic rings. The number of thiazole rings is 1. The zero-order valence-electron chi connectivity index (χ0n) is 13.3. The minimum absolute atomic E-state index is 0.134. The molecule has 0 saturated heterocycles. The molecule has 4 rings (SSSR count). The topological polar surface area (TPSA) is 58.0 Å². The number of nitrogens with zero attached hydrogens (tertiary/aromatic N) is 3. The zero-order chi connectivity index (χ0) is 15.8. The molecule has 0 unspecified atom stereocenters. The van der Waals surface area contributed by atoms with E-state index in [1.165, 1.54) is 16.4 Å². The standard InChI is InChI=1S/C17H20N4OS/c1-11(2)14-9-23-15(20-14)7-21-5-3-13-16(19-10-18-13)17(21)12-4-6-22-8-12/h4,6,8-11,17H,3,5,7H2,1-2H3,(H,18,19)/t17-/m0/s1. The van der Waals surface area contributed by atoms with Gasteiger partial charge in [-0.15, -0.1) is 11.3 Å². The third-order valence-corrected chi connectivity index (χ3v) is 5.23. The number of H-pyrrole nitrogens is 1. The van der Waals surface area contributed by atoms with Crippen LogP contribution in [0.15, 0.2) is 34.7 Å². The van der Waals surface area contributed by atoms with Crippen LogP contribution in [0.3, 0.4) is 0 Å². The first-order chi connectivity index (χ1) is 11.2. The molecule has 120 valence electrons. The number of fused-ring (bicyclic) bond motifs is 1. The van der Waals surface area contributed by atoms with Crippen LogP contribution in [0.5, 0.6) is 0 Å². The number of furan rings is 1. The van der Waals surface area contributed by atoms with Crippen molar-refractivity contribution >= 4 is 11.3 Å². The highest BCUT2D eigenvalue weighted by Crippen LogP contribution is 2.35. The highest BCUT2D eigenvalue weighted by Gasteiger charge is 2.32. The van der Waals surface area contributed by atoms with Gasteiger partial charge in [-0.25, -0.2) is 9.97 Å². The van der Waals surface area contributed by atoms with Crippen LogP contribution < -0.4 is 0 Å². The number of rotatable bonds is 4. The van der Waals surface area contributed by atoms with Crippen LogP contribution in [-0.4, -0.2) is 26.4 Å². The Hall–Kier alpha value is -1.92. The Morgan fingerprint density at radius 2 is 2.39 bits per heavy atom. The number of nitrogens with one attached hydrogen (secondary N) is 1. The molecule has 0 radical (unpaired) electrons. The van der Waals surface area contributed by atoms with Crippen LogP contribution in [0.25, 0.3) is 0 Å². The second-order valence-electron chi connectivity index (χ2n) is 6.27. The lowest BCUT2D eigenvalue weighted by Gasteiger charge is -2.33. The summed E-state index contributed by atoms with van der Waals surface area (Å²) in [5.74, 6) is 0.476. The Kier molecular flexibility index (Phi) is 3.79. The Bertz CT molecular complexity index is 774. The highest BCUT2D eigenvalue weighted by molar-refractivity contribution is 7.09. The molecule has 23 heavy (non-hydrogen) atoms. The lowest BCUT2D eigenvalue weighted by molar-refractivity contribution is 0.199. The Morgan fingerprint density at radius 1 is 1.48 bits per heavy atom. The second-order valence-corrected chi connectivity index (χ2v) is 7.21. The lowest BCUT2D eigenvalue weighted by atomic mass is 9.98. The van der Waals surface area contributed by atoms with Crippen molar-refractivity contribution in [1.82, 2.24) is 19.9 Å². The first kappa shape index (κ1) is 14.7. The molecule has 0 fully saturated rings. The number of imidazole rings is 1. The predicted molar refractivity (Wildman–Crippen MR) is 89.5 cm³/mol. The maximum absolute atomic E-state index is 5.32. The molecule has 1 aliphatic heterocycles. The van der Waals surface area contributed by atoms with Crippen LogP contribution in [-0.2, 0) is 13.0 Å². The van der Waals surface area contributed by atoms with E-state index in [4.69, 9.17) is 9.40 Å². The normalized spacial score (nSPS) is 18.5. The monoisotopic (exact) mass is 328 g/mol. The van der Waals surface area contributed by atoms with Gasteiger partial charge in [-0.1, -0.05) is 13.8 Å². The minimum atomic E-state index is 0.134. The number of hydrogen-bond acceptors (Lipinski definition) is 5. The minimum Gasteiger partial charge on any atom is -0.472 e. The second kappa shape index (κ2) is 5.94. The fraction of sp³-hybridized carbons (Fsp3) is 0.412. The largest absolute Gasteiger partial charge is 0.472 e. The van der Waals surface area contributed by atoms with Crippen molar-refractivity contribution in [2.24, 2.45) is 0 Å². The van der Waals surface area contributed by atoms with E-state index in [1.807, 2.05) is 12.3 Å². The molecule has 1 N–H and O–H groups in total. The van der Waals surface area contributed by atoms with Crippen LogP contribution in [0.2, 0.25) is 0 Å². The van der Waals surface area contributed by atoms with Gasteiger partial charge in [0.2, 0.25) is 0 Å². The van der Waals surface area contributed by atoms with Gasteiger partial charge in [0.1, 0.15) is 5.01 Å². The van der Waals surface area contributed by atoms with E-state index in [2.05, 4.69) is 34.1 Å². The predicted octanol–water partition coefficient (Wildman–Crippen LogP) is 3.73. The van der Waals surface area contributed by atoms with Crippen LogP contribution in [0, 0.1) is 0 Å². The smallest absolute Gasteiger partial charge is 0.107 e. The van der Waals surface area contributed by atoms with Crippen molar-refractivity contribution < 1.29 is 4.42 Å². The molecular weight excluding hydrogens is 308 g/mol. The quantitative estimate of drug-likeness (QED) is 0.793. The molecule has 5 nitrogen and oxygen atoms in total. The molecule has 0 bridgehead atoms.